The van der Waals surface area contributed by atoms with E-state index in [1.807, 2.05) is 0 Å². The maximum atomic E-state index is 11.3. The van der Waals surface area contributed by atoms with Crippen molar-refractivity contribution in [2.24, 2.45) is 5.73 Å². The summed E-state index contributed by atoms with van der Waals surface area (Å²) in [5.41, 5.74) is 5.25. The molecule has 0 aromatic carbocycles. The van der Waals surface area contributed by atoms with Gasteiger partial charge in [0, 0.05) is 11.5 Å². The fourth-order valence-corrected chi connectivity index (χ4v) is 5.42. The molecule has 0 aliphatic carbocycles. The minimum Gasteiger partial charge on any atom is -0.480 e. The fraction of sp³-hybridized carbons (Fsp3) is 0.750. The number of carbonyl (C=O) groups is 2. The van der Waals surface area contributed by atoms with E-state index in [0.717, 1.165) is 21.6 Å². The van der Waals surface area contributed by atoms with Crippen molar-refractivity contribution >= 4 is 48.7 Å². The number of carboxylic acid groups (broad SMARTS) is 2. The maximum Gasteiger partial charge on any atom is 0.339 e. The minimum atomic E-state index is -4.76. The van der Waals surface area contributed by atoms with Gasteiger partial charge in [0.2, 0.25) is 0 Å². The van der Waals surface area contributed by atoms with Gasteiger partial charge in [-0.3, -0.25) is 23.6 Å². The Hall–Kier alpha value is -0.140. The first-order chi connectivity index (χ1) is 10.7. The third-order valence-electron chi connectivity index (χ3n) is 2.33. The highest BCUT2D eigenvalue weighted by Crippen LogP contribution is 2.42. The molecule has 2 atom stereocenters. The molecule has 12 nitrogen and oxygen atoms in total. The molecule has 0 aliphatic heterocycles. The largest absolute Gasteiger partial charge is 0.480 e. The third kappa shape index (κ3) is 11.4. The van der Waals surface area contributed by atoms with E-state index in [0.29, 0.717) is 4.90 Å². The molecule has 16 heteroatoms. The topological polar surface area (TPSA) is 219 Å². The van der Waals surface area contributed by atoms with E-state index in [-0.39, 0.29) is 11.5 Å². The van der Waals surface area contributed by atoms with Crippen LogP contribution in [0, 0.1) is 0 Å². The Kier molecular flexibility index (Phi) is 10.1. The first-order valence-corrected chi connectivity index (χ1v) is 12.1. The van der Waals surface area contributed by atoms with Gasteiger partial charge in [-0.05, 0) is 0 Å². The van der Waals surface area contributed by atoms with Crippen LogP contribution in [-0.4, -0.2) is 82.8 Å². The predicted molar refractivity (Wildman–Crippen MR) is 87.6 cm³/mol. The van der Waals surface area contributed by atoms with Crippen LogP contribution in [0.3, 0.4) is 0 Å². The molecule has 0 bridgehead atoms. The minimum absolute atomic E-state index is 0.0523. The number of nitrogens with zero attached hydrogens (tertiary/aromatic N) is 1. The molecule has 0 amide bonds. The fourth-order valence-electron chi connectivity index (χ4n) is 1.35. The normalized spacial score (nSPS) is 15.2. The number of aliphatic carboxylic acids is 2. The lowest BCUT2D eigenvalue weighted by molar-refractivity contribution is -0.142. The summed E-state index contributed by atoms with van der Waals surface area (Å²) in [5, 5.41) is 17.7. The van der Waals surface area contributed by atoms with Gasteiger partial charge < -0.3 is 35.5 Å². The molecular formula is C8H18N2O10P2S2. The van der Waals surface area contributed by atoms with Crippen LogP contribution >= 0.6 is 36.8 Å². The summed E-state index contributed by atoms with van der Waals surface area (Å²) in [4.78, 5) is 58.1. The van der Waals surface area contributed by atoms with Gasteiger partial charge in [-0.15, -0.1) is 0 Å². The summed E-state index contributed by atoms with van der Waals surface area (Å²) in [5.74, 6) is -3.13. The summed E-state index contributed by atoms with van der Waals surface area (Å²) in [6.07, 6.45) is -2.29. The van der Waals surface area contributed by atoms with Gasteiger partial charge in [0.1, 0.15) is 24.7 Å². The molecule has 0 saturated heterocycles. The van der Waals surface area contributed by atoms with Crippen LogP contribution in [0.5, 0.6) is 0 Å². The summed E-state index contributed by atoms with van der Waals surface area (Å²) >= 11 is 0. The highest BCUT2D eigenvalue weighted by molar-refractivity contribution is 8.76. The van der Waals surface area contributed by atoms with Gasteiger partial charge in [-0.1, -0.05) is 21.6 Å². The Balaban J connectivity index is 4.92. The highest BCUT2D eigenvalue weighted by atomic mass is 33.1. The molecule has 8 N–H and O–H groups in total. The van der Waals surface area contributed by atoms with Crippen molar-refractivity contribution in [1.29, 1.82) is 0 Å². The zero-order valence-corrected chi connectivity index (χ0v) is 15.5. The lowest BCUT2D eigenvalue weighted by atomic mass is 10.3. The number of hydrogen-bond acceptors (Lipinski definition) is 8. The van der Waals surface area contributed by atoms with E-state index < -0.39 is 51.8 Å². The molecule has 0 rings (SSSR count). The summed E-state index contributed by atoms with van der Waals surface area (Å²) in [6.45, 7) is 0. The Labute approximate surface area is 144 Å². The van der Waals surface area contributed by atoms with Crippen molar-refractivity contribution in [3.63, 3.8) is 0 Å². The second kappa shape index (κ2) is 10.1. The van der Waals surface area contributed by atoms with Crippen LogP contribution in [0.1, 0.15) is 0 Å². The lowest BCUT2D eigenvalue weighted by Crippen LogP contribution is -2.44. The number of rotatable bonds is 12. The SMILES string of the molecule is NC(CSSCC(C(=O)O)N(CP(=O)(O)O)CP(=O)(O)O)C(=O)O. The van der Waals surface area contributed by atoms with E-state index in [1.165, 1.54) is 0 Å². The molecular weight excluding hydrogens is 410 g/mol. The molecule has 0 spiro atoms. The molecule has 0 fully saturated rings. The van der Waals surface area contributed by atoms with Gasteiger partial charge in [0.05, 0.1) is 0 Å². The van der Waals surface area contributed by atoms with Crippen LogP contribution in [0.4, 0.5) is 0 Å². The van der Waals surface area contributed by atoms with E-state index in [1.54, 1.807) is 0 Å². The Morgan fingerprint density at radius 2 is 1.33 bits per heavy atom. The number of hydrogen-bond donors (Lipinski definition) is 7. The smallest absolute Gasteiger partial charge is 0.339 e. The van der Waals surface area contributed by atoms with E-state index in [9.17, 15) is 18.7 Å². The van der Waals surface area contributed by atoms with Crippen molar-refractivity contribution < 1.29 is 48.5 Å². The molecule has 24 heavy (non-hydrogen) atoms. The predicted octanol–water partition coefficient (Wildman–Crippen LogP) is -1.19. The van der Waals surface area contributed by atoms with Crippen LogP contribution in [0.25, 0.3) is 0 Å². The molecule has 0 saturated carbocycles. The highest BCUT2D eigenvalue weighted by Gasteiger charge is 2.35. The average molecular weight is 428 g/mol. The Morgan fingerprint density at radius 1 is 0.917 bits per heavy atom. The van der Waals surface area contributed by atoms with Crippen molar-refractivity contribution in [2.45, 2.75) is 12.1 Å². The van der Waals surface area contributed by atoms with Crippen molar-refractivity contribution in [3.05, 3.63) is 0 Å². The van der Waals surface area contributed by atoms with E-state index in [2.05, 4.69) is 0 Å². The second-order valence-electron chi connectivity index (χ2n) is 4.57. The summed E-state index contributed by atoms with van der Waals surface area (Å²) < 4.78 is 22.1. The van der Waals surface area contributed by atoms with Crippen molar-refractivity contribution in [2.75, 3.05) is 24.1 Å². The molecule has 0 aromatic rings. The van der Waals surface area contributed by atoms with Gasteiger partial charge in [-0.2, -0.15) is 0 Å². The zero-order chi connectivity index (χ0) is 19.1. The van der Waals surface area contributed by atoms with Crippen LogP contribution in [0.15, 0.2) is 0 Å². The van der Waals surface area contributed by atoms with Crippen LogP contribution in [0.2, 0.25) is 0 Å². The summed E-state index contributed by atoms with van der Waals surface area (Å²) in [7, 11) is -7.75. The number of nitrogens with two attached hydrogens (primary N) is 1. The summed E-state index contributed by atoms with van der Waals surface area (Å²) in [6, 6.07) is -2.77. The van der Waals surface area contributed by atoms with Gasteiger partial charge >= 0.3 is 27.1 Å². The van der Waals surface area contributed by atoms with Crippen LogP contribution in [-0.2, 0) is 18.7 Å². The molecule has 0 aromatic heterocycles. The maximum absolute atomic E-state index is 11.3. The standard InChI is InChI=1S/C8H18N2O10P2S2/c9-5(7(11)12)1-23-24-2-6(8(13)14)10(3-21(15,16)17)4-22(18,19)20/h5-6H,1-4,9H2,(H,11,12)(H,13,14)(H2,15,16,17)(H2,18,19,20). The first kappa shape index (κ1) is 23.9. The third-order valence-corrected chi connectivity index (χ3v) is 6.23. The molecule has 0 radical (unpaired) electrons. The van der Waals surface area contributed by atoms with Crippen LogP contribution < -0.4 is 5.73 Å². The molecule has 0 heterocycles. The Morgan fingerprint density at radius 3 is 1.67 bits per heavy atom. The molecule has 2 unspecified atom stereocenters. The molecule has 0 aliphatic rings. The monoisotopic (exact) mass is 428 g/mol. The van der Waals surface area contributed by atoms with Crippen molar-refractivity contribution in [3.8, 4) is 0 Å². The van der Waals surface area contributed by atoms with Gasteiger partial charge in [0.25, 0.3) is 0 Å². The quantitative estimate of drug-likeness (QED) is 0.110. The van der Waals surface area contributed by atoms with E-state index >= 15 is 0 Å². The van der Waals surface area contributed by atoms with Gasteiger partial charge in [-0.25, -0.2) is 0 Å². The lowest BCUT2D eigenvalue weighted by Gasteiger charge is -2.28. The van der Waals surface area contributed by atoms with E-state index in [4.69, 9.17) is 35.5 Å². The number of carboxylic acids is 2. The zero-order valence-electron chi connectivity index (χ0n) is 12.0. The van der Waals surface area contributed by atoms with Gasteiger partial charge in [0.15, 0.2) is 0 Å². The first-order valence-electron chi connectivity index (χ1n) is 6.01. The second-order valence-corrected chi connectivity index (χ2v) is 10.3. The average Bonchev–Trinajstić information content (AvgIpc) is 2.33. The van der Waals surface area contributed by atoms with Crippen molar-refractivity contribution in [1.82, 2.24) is 4.90 Å². The Bertz CT molecular complexity index is 513. The molecule has 142 valence electrons.